The summed E-state index contributed by atoms with van der Waals surface area (Å²) >= 11 is 0. The summed E-state index contributed by atoms with van der Waals surface area (Å²) in [6, 6.07) is 18.0. The number of ether oxygens (including phenoxy) is 3. The maximum atomic E-state index is 9.95. The first-order valence-corrected chi connectivity index (χ1v) is 11.1. The molecule has 33 heavy (non-hydrogen) atoms. The number of hydrogen-bond donors (Lipinski definition) is 1. The van der Waals surface area contributed by atoms with E-state index in [1.165, 1.54) is 0 Å². The Bertz CT molecular complexity index is 1140. The molecule has 2 aromatic carbocycles. The zero-order valence-electron chi connectivity index (χ0n) is 19.3. The molecule has 0 bridgehead atoms. The van der Waals surface area contributed by atoms with Gasteiger partial charge in [-0.1, -0.05) is 31.2 Å². The molecule has 0 aliphatic carbocycles. The number of methoxy groups -OCH3 is 2. The Balaban J connectivity index is 1.82. The van der Waals surface area contributed by atoms with E-state index in [4.69, 9.17) is 19.9 Å². The molecule has 2 aliphatic heterocycles. The van der Waals surface area contributed by atoms with Crippen molar-refractivity contribution < 1.29 is 14.2 Å². The minimum absolute atomic E-state index is 0.168. The molecule has 1 unspecified atom stereocenters. The zero-order valence-corrected chi connectivity index (χ0v) is 19.3. The molecule has 170 valence electrons. The van der Waals surface area contributed by atoms with Crippen LogP contribution in [0.1, 0.15) is 30.4 Å². The lowest BCUT2D eigenvalue weighted by atomic mass is 9.80. The second kappa shape index (κ2) is 9.85. The van der Waals surface area contributed by atoms with E-state index in [-0.39, 0.29) is 11.8 Å². The van der Waals surface area contributed by atoms with E-state index in [1.807, 2.05) is 48.5 Å². The van der Waals surface area contributed by atoms with Crippen LogP contribution in [0.25, 0.3) is 6.08 Å². The molecular weight excluding hydrogens is 414 g/mol. The van der Waals surface area contributed by atoms with E-state index in [0.717, 1.165) is 65.6 Å². The van der Waals surface area contributed by atoms with Crippen LogP contribution in [0, 0.1) is 11.3 Å². The maximum Gasteiger partial charge on any atom is 0.205 e. The van der Waals surface area contributed by atoms with Crippen molar-refractivity contribution in [1.82, 2.24) is 4.90 Å². The van der Waals surface area contributed by atoms with Crippen molar-refractivity contribution in [3.8, 4) is 17.6 Å². The number of nitrogens with zero attached hydrogens (tertiary/aromatic N) is 2. The topological polar surface area (TPSA) is 80.7 Å². The highest BCUT2D eigenvalue weighted by Gasteiger charge is 2.37. The van der Waals surface area contributed by atoms with E-state index in [0.29, 0.717) is 5.57 Å². The minimum Gasteiger partial charge on any atom is -0.497 e. The van der Waals surface area contributed by atoms with Gasteiger partial charge in [-0.15, -0.1) is 0 Å². The van der Waals surface area contributed by atoms with E-state index < -0.39 is 0 Å². The molecule has 0 radical (unpaired) electrons. The van der Waals surface area contributed by atoms with E-state index >= 15 is 0 Å². The van der Waals surface area contributed by atoms with Gasteiger partial charge < -0.3 is 19.9 Å². The summed E-state index contributed by atoms with van der Waals surface area (Å²) in [5.74, 6) is 2.26. The molecule has 6 heteroatoms. The van der Waals surface area contributed by atoms with Gasteiger partial charge in [0.1, 0.15) is 28.9 Å². The molecule has 6 nitrogen and oxygen atoms in total. The van der Waals surface area contributed by atoms with Crippen molar-refractivity contribution >= 4 is 6.08 Å². The Morgan fingerprint density at radius 2 is 1.70 bits per heavy atom. The van der Waals surface area contributed by atoms with Gasteiger partial charge >= 0.3 is 0 Å². The SMILES string of the molecule is CCCN1CC2=C(OC(N)=C(C#N)C2c2ccc(OC)cc2)/C(=C/c2ccc(OC)cc2)C1. The van der Waals surface area contributed by atoms with E-state index in [9.17, 15) is 5.26 Å². The zero-order chi connectivity index (χ0) is 23.4. The van der Waals surface area contributed by atoms with E-state index in [2.05, 4.69) is 24.0 Å². The van der Waals surface area contributed by atoms with Gasteiger partial charge in [-0.05, 0) is 60.0 Å². The van der Waals surface area contributed by atoms with Crippen LogP contribution in [0.2, 0.25) is 0 Å². The van der Waals surface area contributed by atoms with Crippen LogP contribution < -0.4 is 15.2 Å². The number of nitriles is 1. The smallest absolute Gasteiger partial charge is 0.205 e. The first-order valence-electron chi connectivity index (χ1n) is 11.1. The lowest BCUT2D eigenvalue weighted by molar-refractivity contribution is 0.234. The molecule has 2 N–H and O–H groups in total. The minimum atomic E-state index is -0.261. The number of benzene rings is 2. The monoisotopic (exact) mass is 443 g/mol. The van der Waals surface area contributed by atoms with Crippen molar-refractivity contribution in [3.05, 3.63) is 88.0 Å². The average molecular weight is 444 g/mol. The van der Waals surface area contributed by atoms with Gasteiger partial charge in [-0.3, -0.25) is 4.90 Å². The molecule has 0 aromatic heterocycles. The van der Waals surface area contributed by atoms with Gasteiger partial charge in [0.2, 0.25) is 5.88 Å². The summed E-state index contributed by atoms with van der Waals surface area (Å²) in [6.07, 6.45) is 3.17. The Hall–Kier alpha value is -3.69. The third kappa shape index (κ3) is 4.59. The fourth-order valence-electron chi connectivity index (χ4n) is 4.49. The Morgan fingerprint density at radius 3 is 2.27 bits per heavy atom. The second-order valence-corrected chi connectivity index (χ2v) is 8.21. The fourth-order valence-corrected chi connectivity index (χ4v) is 4.49. The van der Waals surface area contributed by atoms with Crippen LogP contribution >= 0.6 is 0 Å². The third-order valence-corrected chi connectivity index (χ3v) is 6.05. The number of hydrogen-bond acceptors (Lipinski definition) is 6. The Kier molecular flexibility index (Phi) is 6.71. The van der Waals surface area contributed by atoms with E-state index in [1.54, 1.807) is 14.2 Å². The van der Waals surface area contributed by atoms with Crippen molar-refractivity contribution in [3.63, 3.8) is 0 Å². The summed E-state index contributed by atoms with van der Waals surface area (Å²) in [5.41, 5.74) is 10.9. The summed E-state index contributed by atoms with van der Waals surface area (Å²) in [6.45, 7) is 4.60. The van der Waals surface area contributed by atoms with Crippen molar-refractivity contribution in [1.29, 1.82) is 5.26 Å². The predicted octanol–water partition coefficient (Wildman–Crippen LogP) is 4.57. The number of rotatable bonds is 6. The molecule has 0 fully saturated rings. The van der Waals surface area contributed by atoms with Crippen LogP contribution in [0.3, 0.4) is 0 Å². The molecule has 0 saturated heterocycles. The molecule has 2 aliphatic rings. The molecule has 1 atom stereocenters. The molecule has 0 saturated carbocycles. The lowest BCUT2D eigenvalue weighted by Gasteiger charge is -2.38. The van der Waals surface area contributed by atoms with Gasteiger partial charge in [0.15, 0.2) is 0 Å². The molecule has 0 amide bonds. The second-order valence-electron chi connectivity index (χ2n) is 8.21. The Labute approximate surface area is 195 Å². The highest BCUT2D eigenvalue weighted by molar-refractivity contribution is 5.63. The fraction of sp³-hybridized carbons (Fsp3) is 0.296. The van der Waals surface area contributed by atoms with Crippen LogP contribution in [-0.2, 0) is 4.74 Å². The molecule has 4 rings (SSSR count). The average Bonchev–Trinajstić information content (AvgIpc) is 2.84. The van der Waals surface area contributed by atoms with Gasteiger partial charge in [-0.2, -0.15) is 5.26 Å². The number of nitrogens with two attached hydrogens (primary N) is 1. The lowest BCUT2D eigenvalue weighted by Crippen LogP contribution is -2.38. The van der Waals surface area contributed by atoms with Crippen molar-refractivity contribution in [2.75, 3.05) is 33.9 Å². The third-order valence-electron chi connectivity index (χ3n) is 6.05. The van der Waals surface area contributed by atoms with Crippen molar-refractivity contribution in [2.24, 2.45) is 5.73 Å². The van der Waals surface area contributed by atoms with Crippen LogP contribution in [0.15, 0.2) is 76.9 Å². The molecule has 0 spiro atoms. The van der Waals surface area contributed by atoms with Crippen LogP contribution in [0.4, 0.5) is 0 Å². The van der Waals surface area contributed by atoms with Gasteiger partial charge in [0.05, 0.1) is 20.1 Å². The summed E-state index contributed by atoms with van der Waals surface area (Å²) in [7, 11) is 3.30. The molecular formula is C27H29N3O3. The van der Waals surface area contributed by atoms with Crippen molar-refractivity contribution in [2.45, 2.75) is 19.3 Å². The normalized spacial score (nSPS) is 19.7. The largest absolute Gasteiger partial charge is 0.497 e. The van der Waals surface area contributed by atoms with Crippen LogP contribution in [-0.4, -0.2) is 38.8 Å². The number of allylic oxidation sites excluding steroid dienone is 1. The standard InChI is InChI=1S/C27H29N3O3/c1-4-13-30-16-20(14-18-5-9-21(31-2)10-6-18)26-24(17-30)25(23(15-28)27(29)33-26)19-7-11-22(32-3)12-8-19/h5-12,14,25H,4,13,16-17,29H2,1-3H3/b20-14+. The maximum absolute atomic E-state index is 9.95. The predicted molar refractivity (Wildman–Crippen MR) is 128 cm³/mol. The quantitative estimate of drug-likeness (QED) is 0.704. The first-order chi connectivity index (χ1) is 16.1. The summed E-state index contributed by atoms with van der Waals surface area (Å²) in [5, 5.41) is 9.95. The summed E-state index contributed by atoms with van der Waals surface area (Å²) in [4.78, 5) is 2.39. The van der Waals surface area contributed by atoms with Gasteiger partial charge in [0.25, 0.3) is 0 Å². The molecule has 2 heterocycles. The van der Waals surface area contributed by atoms with Crippen LogP contribution in [0.5, 0.6) is 11.5 Å². The highest BCUT2D eigenvalue weighted by atomic mass is 16.5. The highest BCUT2D eigenvalue weighted by Crippen LogP contribution is 2.44. The molecule has 2 aromatic rings. The Morgan fingerprint density at radius 1 is 1.06 bits per heavy atom. The van der Waals surface area contributed by atoms with Gasteiger partial charge in [0, 0.05) is 18.7 Å². The van der Waals surface area contributed by atoms with Gasteiger partial charge in [-0.25, -0.2) is 0 Å². The first kappa shape index (κ1) is 22.5. The summed E-state index contributed by atoms with van der Waals surface area (Å²) < 4.78 is 16.7.